The Morgan fingerprint density at radius 2 is 1.65 bits per heavy atom. The maximum Gasteiger partial charge on any atom is 0.481 e. The molecule has 0 saturated carbocycles. The molecular formula is C21H30BrN7O17P3+. The highest BCUT2D eigenvalue weighted by molar-refractivity contribution is 9.09. The van der Waals surface area contributed by atoms with E-state index in [4.69, 9.17) is 30.0 Å². The van der Waals surface area contributed by atoms with Crippen LogP contribution in [0.2, 0.25) is 0 Å². The molecule has 2 fully saturated rings. The zero-order chi connectivity index (χ0) is 36.1. The van der Waals surface area contributed by atoms with Crippen molar-refractivity contribution in [1.29, 1.82) is 0 Å². The van der Waals surface area contributed by atoms with Crippen molar-refractivity contribution >= 4 is 63.2 Å². The molecule has 1 amide bonds. The SMILES string of the molecule is NC(=O)c1ccc[n+](C2OC(COP(=O)(O)OP(=O)(O)OCC3OC(N4C5=NC=NC(N)C5=NC4Br)C(OP(=O)(O)O)C3O)C(O)C2O)c1. The van der Waals surface area contributed by atoms with Crippen molar-refractivity contribution in [1.82, 2.24) is 4.90 Å². The van der Waals surface area contributed by atoms with Gasteiger partial charge >= 0.3 is 23.5 Å². The van der Waals surface area contributed by atoms with Crippen molar-refractivity contribution in [3.05, 3.63) is 30.1 Å². The van der Waals surface area contributed by atoms with Gasteiger partial charge in [0.1, 0.15) is 54.3 Å². The first-order valence-corrected chi connectivity index (χ1v) is 19.1. The highest BCUT2D eigenvalue weighted by atomic mass is 79.9. The van der Waals surface area contributed by atoms with Crippen molar-refractivity contribution in [2.24, 2.45) is 26.4 Å². The number of phosphoric ester groups is 3. The monoisotopic (exact) mass is 824 g/mol. The number of amides is 1. The number of primary amides is 1. The quantitative estimate of drug-likeness (QED) is 0.0406. The van der Waals surface area contributed by atoms with Crippen LogP contribution in [0.25, 0.3) is 0 Å². The van der Waals surface area contributed by atoms with Gasteiger partial charge in [-0.15, -0.1) is 0 Å². The number of aromatic nitrogens is 1. The number of aliphatic hydroxyl groups is 3. The standard InChI is InChI=1S/C21H29BrN7O17P3/c22-21-27-11-16(23)25-7-26-18(11)29(21)20-15(45-47(34,35)36)13(31)10(44-20)6-42-49(39,40)46-48(37,38)41-5-9-12(30)14(32)19(43-9)28-3-1-2-8(4-28)17(24)33/h1-4,7,9-10,12-16,19-21,30-32H,5-6,23H2,(H5-,24,33,34,35,36,37,38,39,40)/p+1. The molecule has 11 N–H and O–H groups in total. The summed E-state index contributed by atoms with van der Waals surface area (Å²) in [5.41, 5.74) is 11.3. The Kier molecular flexibility index (Phi) is 11.4. The van der Waals surface area contributed by atoms with Crippen molar-refractivity contribution in [2.45, 2.75) is 60.3 Å². The zero-order valence-electron chi connectivity index (χ0n) is 24.4. The largest absolute Gasteiger partial charge is 0.481 e. The topological polar surface area (TPSA) is 362 Å². The Labute approximate surface area is 283 Å². The van der Waals surface area contributed by atoms with Crippen LogP contribution < -0.4 is 16.0 Å². The van der Waals surface area contributed by atoms with Crippen molar-refractivity contribution < 1.29 is 85.3 Å². The van der Waals surface area contributed by atoms with Gasteiger partial charge in [0.15, 0.2) is 35.6 Å². The number of rotatable bonds is 13. The summed E-state index contributed by atoms with van der Waals surface area (Å²) in [4.78, 5) is 64.0. The predicted molar refractivity (Wildman–Crippen MR) is 161 cm³/mol. The highest BCUT2D eigenvalue weighted by Gasteiger charge is 2.55. The number of fused-ring (bicyclic) bond motifs is 1. The van der Waals surface area contributed by atoms with E-state index in [1.807, 2.05) is 0 Å². The Morgan fingerprint density at radius 1 is 1.02 bits per heavy atom. The lowest BCUT2D eigenvalue weighted by molar-refractivity contribution is -0.765. The third-order valence-corrected chi connectivity index (χ3v) is 11.0. The lowest BCUT2D eigenvalue weighted by Gasteiger charge is -2.32. The number of phosphoric acid groups is 3. The van der Waals surface area contributed by atoms with E-state index in [-0.39, 0.29) is 17.1 Å². The van der Waals surface area contributed by atoms with Gasteiger partial charge in [-0.05, 0) is 22.0 Å². The maximum atomic E-state index is 12.6. The molecule has 12 atom stereocenters. The summed E-state index contributed by atoms with van der Waals surface area (Å²) in [5.74, 6) is -0.744. The molecule has 0 aromatic carbocycles. The molecule has 1 aromatic rings. The normalized spacial score (nSPS) is 35.4. The number of alkyl halides is 1. The van der Waals surface area contributed by atoms with Gasteiger partial charge in [0, 0.05) is 6.07 Å². The summed E-state index contributed by atoms with van der Waals surface area (Å²) in [5, 5.41) is 30.6. The van der Waals surface area contributed by atoms with E-state index in [1.54, 1.807) is 0 Å². The second-order valence-electron chi connectivity index (χ2n) is 10.6. The average molecular weight is 825 g/mol. The molecule has 4 aliphatic rings. The van der Waals surface area contributed by atoms with E-state index in [0.717, 1.165) is 6.34 Å². The number of carbonyl (C=O) groups is 1. The van der Waals surface area contributed by atoms with Gasteiger partial charge in [-0.2, -0.15) is 8.88 Å². The zero-order valence-corrected chi connectivity index (χ0v) is 28.7. The first-order valence-electron chi connectivity index (χ1n) is 13.7. The Bertz CT molecular complexity index is 1680. The maximum absolute atomic E-state index is 12.6. The van der Waals surface area contributed by atoms with Crippen LogP contribution in [0, 0.1) is 0 Å². The lowest BCUT2D eigenvalue weighted by atomic mass is 10.1. The van der Waals surface area contributed by atoms with E-state index in [0.29, 0.717) is 0 Å². The van der Waals surface area contributed by atoms with Crippen LogP contribution in [0.4, 0.5) is 0 Å². The molecule has 5 heterocycles. The number of hydrogen-bond donors (Lipinski definition) is 9. The molecule has 12 unspecified atom stereocenters. The number of ether oxygens (including phenoxy) is 2. The summed E-state index contributed by atoms with van der Waals surface area (Å²) in [6, 6.07) is 2.79. The smallest absolute Gasteiger partial charge is 0.387 e. The molecule has 0 radical (unpaired) electrons. The van der Waals surface area contributed by atoms with Crippen LogP contribution in [0.1, 0.15) is 16.6 Å². The minimum absolute atomic E-state index is 0.0418. The van der Waals surface area contributed by atoms with Crippen LogP contribution in [-0.4, -0.2) is 131 Å². The molecule has 5 rings (SSSR count). The molecule has 0 spiro atoms. The minimum atomic E-state index is -5.53. The molecule has 1 aromatic heterocycles. The summed E-state index contributed by atoms with van der Waals surface area (Å²) in [7, 11) is -16.3. The van der Waals surface area contributed by atoms with Crippen LogP contribution in [0.5, 0.6) is 0 Å². The molecular weight excluding hydrogens is 795 g/mol. The molecule has 0 bridgehead atoms. The van der Waals surface area contributed by atoms with Crippen LogP contribution in [0.15, 0.2) is 39.5 Å². The fourth-order valence-corrected chi connectivity index (χ4v) is 8.34. The summed E-state index contributed by atoms with van der Waals surface area (Å²) >= 11 is 3.22. The summed E-state index contributed by atoms with van der Waals surface area (Å²) in [6.45, 7) is -2.04. The number of aliphatic imine (C=N–C) groups is 3. The van der Waals surface area contributed by atoms with E-state index in [2.05, 4.69) is 39.7 Å². The predicted octanol–water partition coefficient (Wildman–Crippen LogP) is -3.33. The summed E-state index contributed by atoms with van der Waals surface area (Å²) < 4.78 is 67.7. The number of nitrogens with zero attached hydrogens (tertiary/aromatic N) is 5. The van der Waals surface area contributed by atoms with Crippen molar-refractivity contribution in [3.63, 3.8) is 0 Å². The molecule has 0 aliphatic carbocycles. The number of pyridine rings is 1. The van der Waals surface area contributed by atoms with Gasteiger partial charge in [0.2, 0.25) is 0 Å². The van der Waals surface area contributed by atoms with Crippen molar-refractivity contribution in [2.75, 3.05) is 13.2 Å². The first-order chi connectivity index (χ1) is 22.8. The number of nitrogens with two attached hydrogens (primary N) is 2. The fraction of sp³-hybridized carbons (Fsp3) is 0.571. The van der Waals surface area contributed by atoms with Gasteiger partial charge in [0.25, 0.3) is 12.1 Å². The molecule has 2 saturated heterocycles. The Morgan fingerprint density at radius 3 is 2.27 bits per heavy atom. The average Bonchev–Trinajstić information content (AvgIpc) is 3.60. The van der Waals surface area contributed by atoms with Gasteiger partial charge in [-0.1, -0.05) is 0 Å². The van der Waals surface area contributed by atoms with E-state index < -0.39 is 103 Å². The number of halogens is 1. The highest BCUT2D eigenvalue weighted by Crippen LogP contribution is 2.61. The van der Waals surface area contributed by atoms with Crippen molar-refractivity contribution in [3.8, 4) is 0 Å². The third kappa shape index (κ3) is 8.75. The Hall–Kier alpha value is -1.96. The van der Waals surface area contributed by atoms with E-state index >= 15 is 0 Å². The second kappa shape index (κ2) is 14.6. The van der Waals surface area contributed by atoms with Crippen LogP contribution in [0.3, 0.4) is 0 Å². The second-order valence-corrected chi connectivity index (χ2v) is 15.6. The summed E-state index contributed by atoms with van der Waals surface area (Å²) in [6.07, 6.45) is -10.4. The van der Waals surface area contributed by atoms with Gasteiger partial charge < -0.3 is 55.8 Å². The van der Waals surface area contributed by atoms with E-state index in [9.17, 15) is 53.4 Å². The number of amidine groups is 1. The molecule has 49 heavy (non-hydrogen) atoms. The van der Waals surface area contributed by atoms with Gasteiger partial charge in [-0.25, -0.2) is 28.7 Å². The van der Waals surface area contributed by atoms with Crippen LogP contribution >= 0.6 is 39.4 Å². The fourth-order valence-electron chi connectivity index (χ4n) is 5.06. The third-order valence-electron chi connectivity index (χ3n) is 7.23. The first kappa shape index (κ1) is 38.3. The number of hydrogen-bond acceptors (Lipinski definition) is 18. The van der Waals surface area contributed by atoms with Gasteiger partial charge in [0.05, 0.1) is 13.2 Å². The lowest BCUT2D eigenvalue weighted by Crippen LogP contribution is -2.51. The molecule has 272 valence electrons. The van der Waals surface area contributed by atoms with E-state index in [1.165, 1.54) is 34.0 Å². The molecule has 24 nitrogen and oxygen atoms in total. The molecule has 28 heteroatoms. The molecule has 4 aliphatic heterocycles. The number of carbonyl (C=O) groups excluding carboxylic acids is 1. The minimum Gasteiger partial charge on any atom is -0.387 e. The van der Waals surface area contributed by atoms with Crippen LogP contribution in [-0.2, 0) is 41.1 Å². The number of aliphatic hydroxyl groups excluding tert-OH is 3. The van der Waals surface area contributed by atoms with Gasteiger partial charge in [-0.3, -0.25) is 23.3 Å². The Balaban J connectivity index is 1.20.